The van der Waals surface area contributed by atoms with Gasteiger partial charge >= 0.3 is 0 Å². The molecule has 2 N–H and O–H groups in total. The summed E-state index contributed by atoms with van der Waals surface area (Å²) in [5, 5.41) is 0. The maximum atomic E-state index is 5.72. The first kappa shape index (κ1) is 14.5. The van der Waals surface area contributed by atoms with Crippen molar-refractivity contribution in [1.29, 1.82) is 0 Å². The van der Waals surface area contributed by atoms with Gasteiger partial charge in [0.25, 0.3) is 0 Å². The molecule has 1 saturated heterocycles. The fourth-order valence-electron chi connectivity index (χ4n) is 2.52. The van der Waals surface area contributed by atoms with Crippen LogP contribution in [-0.2, 0) is 0 Å². The van der Waals surface area contributed by atoms with E-state index >= 15 is 0 Å². The topological polar surface area (TPSA) is 29.3 Å². The highest BCUT2D eigenvalue weighted by molar-refractivity contribution is 5.85. The molecule has 0 aliphatic carbocycles. The minimum Gasteiger partial charge on any atom is -0.330 e. The van der Waals surface area contributed by atoms with E-state index in [4.69, 9.17) is 5.73 Å². The Bertz CT molecular complexity index is 307. The van der Waals surface area contributed by atoms with Crippen LogP contribution < -0.4 is 5.73 Å². The lowest BCUT2D eigenvalue weighted by Gasteiger charge is -2.35. The first-order valence-electron chi connectivity index (χ1n) is 6.30. The largest absolute Gasteiger partial charge is 0.330 e. The zero-order valence-electron chi connectivity index (χ0n) is 10.5. The summed E-state index contributed by atoms with van der Waals surface area (Å²) in [4.78, 5) is 2.57. The van der Waals surface area contributed by atoms with Gasteiger partial charge in [0.2, 0.25) is 0 Å². The Morgan fingerprint density at radius 1 is 1.24 bits per heavy atom. The monoisotopic (exact) mass is 254 g/mol. The summed E-state index contributed by atoms with van der Waals surface area (Å²) in [7, 11) is 0. The van der Waals surface area contributed by atoms with Crippen LogP contribution in [0.25, 0.3) is 0 Å². The van der Waals surface area contributed by atoms with Crippen molar-refractivity contribution in [3.63, 3.8) is 0 Å². The van der Waals surface area contributed by atoms with Gasteiger partial charge in [-0.25, -0.2) is 0 Å². The van der Waals surface area contributed by atoms with E-state index in [1.807, 2.05) is 0 Å². The highest BCUT2D eigenvalue weighted by atomic mass is 35.5. The van der Waals surface area contributed by atoms with Crippen LogP contribution in [0, 0.1) is 5.92 Å². The fourth-order valence-corrected chi connectivity index (χ4v) is 2.52. The molecule has 1 aromatic rings. The molecular weight excluding hydrogens is 232 g/mol. The Morgan fingerprint density at radius 3 is 2.35 bits per heavy atom. The number of hydrogen-bond donors (Lipinski definition) is 1. The normalized spacial score (nSPS) is 19.6. The molecule has 1 aliphatic rings. The molecule has 1 aromatic carbocycles. The van der Waals surface area contributed by atoms with Crippen LogP contribution in [-0.4, -0.2) is 24.5 Å². The molecule has 1 fully saturated rings. The molecule has 0 aromatic heterocycles. The summed E-state index contributed by atoms with van der Waals surface area (Å²) in [6.07, 6.45) is 2.52. The third kappa shape index (κ3) is 3.70. The van der Waals surface area contributed by atoms with Crippen molar-refractivity contribution >= 4 is 12.4 Å². The number of benzene rings is 1. The maximum Gasteiger partial charge on any atom is 0.0319 e. The lowest BCUT2D eigenvalue weighted by Crippen LogP contribution is -2.37. The first-order chi connectivity index (χ1) is 7.81. The molecule has 2 nitrogen and oxygen atoms in total. The van der Waals surface area contributed by atoms with Gasteiger partial charge in [0.1, 0.15) is 0 Å². The molecule has 0 spiro atoms. The molecule has 0 bridgehead atoms. The Morgan fingerprint density at radius 2 is 1.82 bits per heavy atom. The van der Waals surface area contributed by atoms with Crippen LogP contribution in [0.3, 0.4) is 0 Å². The standard InChI is InChI=1S/C14H22N2.ClH/c1-12(14-5-3-2-4-6-14)16-9-7-13(11-15)8-10-16;/h2-6,12-13H,7-11,15H2,1H3;1H. The van der Waals surface area contributed by atoms with Gasteiger partial charge in [-0.1, -0.05) is 30.3 Å². The molecule has 2 rings (SSSR count). The van der Waals surface area contributed by atoms with Crippen LogP contribution in [0.1, 0.15) is 31.4 Å². The average molecular weight is 255 g/mol. The molecule has 0 amide bonds. The molecular formula is C14H23ClN2. The number of likely N-dealkylation sites (tertiary alicyclic amines) is 1. The zero-order chi connectivity index (χ0) is 11.4. The highest BCUT2D eigenvalue weighted by Crippen LogP contribution is 2.25. The number of nitrogens with zero attached hydrogens (tertiary/aromatic N) is 1. The van der Waals surface area contributed by atoms with Gasteiger partial charge in [-0.2, -0.15) is 0 Å². The lowest BCUT2D eigenvalue weighted by molar-refractivity contribution is 0.143. The maximum absolute atomic E-state index is 5.72. The summed E-state index contributed by atoms with van der Waals surface area (Å²) in [6.45, 7) is 5.54. The molecule has 0 saturated carbocycles. The lowest BCUT2D eigenvalue weighted by atomic mass is 9.95. The second-order valence-electron chi connectivity index (χ2n) is 4.80. The minimum atomic E-state index is 0. The Kier molecular flexibility index (Phi) is 5.96. The third-order valence-electron chi connectivity index (χ3n) is 3.81. The number of nitrogens with two attached hydrogens (primary N) is 1. The van der Waals surface area contributed by atoms with E-state index in [0.717, 1.165) is 12.5 Å². The molecule has 1 unspecified atom stereocenters. The van der Waals surface area contributed by atoms with Crippen LogP contribution in [0.4, 0.5) is 0 Å². The Balaban J connectivity index is 0.00000144. The molecule has 96 valence electrons. The molecule has 1 heterocycles. The van der Waals surface area contributed by atoms with Gasteiger partial charge < -0.3 is 5.73 Å². The SMILES string of the molecule is CC(c1ccccc1)N1CCC(CN)CC1.Cl. The average Bonchev–Trinajstić information content (AvgIpc) is 2.39. The van der Waals surface area contributed by atoms with Gasteiger partial charge in [0.05, 0.1) is 0 Å². The van der Waals surface area contributed by atoms with Crippen LogP contribution in [0.15, 0.2) is 30.3 Å². The van der Waals surface area contributed by atoms with Crippen LogP contribution >= 0.6 is 12.4 Å². The molecule has 0 radical (unpaired) electrons. The fraction of sp³-hybridized carbons (Fsp3) is 0.571. The van der Waals surface area contributed by atoms with Crippen molar-refractivity contribution < 1.29 is 0 Å². The van der Waals surface area contributed by atoms with Crippen molar-refractivity contribution in [3.05, 3.63) is 35.9 Å². The second-order valence-corrected chi connectivity index (χ2v) is 4.80. The van der Waals surface area contributed by atoms with E-state index in [9.17, 15) is 0 Å². The van der Waals surface area contributed by atoms with Crippen LogP contribution in [0.2, 0.25) is 0 Å². The van der Waals surface area contributed by atoms with E-state index < -0.39 is 0 Å². The minimum absolute atomic E-state index is 0. The predicted octanol–water partition coefficient (Wildman–Crippen LogP) is 2.84. The number of halogens is 1. The second kappa shape index (κ2) is 7.00. The van der Waals surface area contributed by atoms with E-state index in [1.54, 1.807) is 0 Å². The molecule has 1 atom stereocenters. The van der Waals surface area contributed by atoms with Gasteiger partial charge in [0, 0.05) is 6.04 Å². The van der Waals surface area contributed by atoms with E-state index in [-0.39, 0.29) is 12.4 Å². The molecule has 17 heavy (non-hydrogen) atoms. The summed E-state index contributed by atoms with van der Waals surface area (Å²) in [5.74, 6) is 0.749. The first-order valence-corrected chi connectivity index (χ1v) is 6.30. The van der Waals surface area contributed by atoms with Crippen LogP contribution in [0.5, 0.6) is 0 Å². The number of hydrogen-bond acceptors (Lipinski definition) is 2. The van der Waals surface area contributed by atoms with Crippen molar-refractivity contribution in [1.82, 2.24) is 4.90 Å². The number of rotatable bonds is 3. The van der Waals surface area contributed by atoms with Crippen molar-refractivity contribution in [2.45, 2.75) is 25.8 Å². The van der Waals surface area contributed by atoms with E-state index in [1.165, 1.54) is 31.5 Å². The molecule has 3 heteroatoms. The smallest absolute Gasteiger partial charge is 0.0319 e. The quantitative estimate of drug-likeness (QED) is 0.899. The third-order valence-corrected chi connectivity index (χ3v) is 3.81. The highest BCUT2D eigenvalue weighted by Gasteiger charge is 2.22. The Hall–Kier alpha value is -0.570. The summed E-state index contributed by atoms with van der Waals surface area (Å²) >= 11 is 0. The Labute approximate surface area is 111 Å². The van der Waals surface area contributed by atoms with E-state index in [0.29, 0.717) is 6.04 Å². The van der Waals surface area contributed by atoms with Gasteiger partial charge in [-0.3, -0.25) is 4.90 Å². The zero-order valence-corrected chi connectivity index (χ0v) is 11.3. The van der Waals surface area contributed by atoms with Gasteiger partial charge in [-0.05, 0) is 50.9 Å². The van der Waals surface area contributed by atoms with Gasteiger partial charge in [-0.15, -0.1) is 12.4 Å². The number of piperidine rings is 1. The summed E-state index contributed by atoms with van der Waals surface area (Å²) < 4.78 is 0. The predicted molar refractivity (Wildman–Crippen MR) is 75.5 cm³/mol. The van der Waals surface area contributed by atoms with E-state index in [2.05, 4.69) is 42.2 Å². The molecule has 1 aliphatic heterocycles. The summed E-state index contributed by atoms with van der Waals surface area (Å²) in [6, 6.07) is 11.3. The summed E-state index contributed by atoms with van der Waals surface area (Å²) in [5.41, 5.74) is 7.14. The van der Waals surface area contributed by atoms with Crippen molar-refractivity contribution in [2.75, 3.05) is 19.6 Å². The van der Waals surface area contributed by atoms with Crippen molar-refractivity contribution in [2.24, 2.45) is 11.7 Å². The van der Waals surface area contributed by atoms with Gasteiger partial charge in [0.15, 0.2) is 0 Å². The van der Waals surface area contributed by atoms with Crippen molar-refractivity contribution in [3.8, 4) is 0 Å².